The first-order valence-corrected chi connectivity index (χ1v) is 6.65. The summed E-state index contributed by atoms with van der Waals surface area (Å²) >= 11 is 0. The quantitative estimate of drug-likeness (QED) is 0.752. The molecule has 0 aromatic carbocycles. The van der Waals surface area contributed by atoms with Crippen molar-refractivity contribution in [1.82, 2.24) is 10.2 Å². The number of hydrogen-bond donors (Lipinski definition) is 1. The fourth-order valence-electron chi connectivity index (χ4n) is 3.05. The summed E-state index contributed by atoms with van der Waals surface area (Å²) in [6.45, 7) is 14.3. The van der Waals surface area contributed by atoms with Gasteiger partial charge in [-0.05, 0) is 50.9 Å². The van der Waals surface area contributed by atoms with E-state index >= 15 is 0 Å². The maximum atomic E-state index is 3.53. The monoisotopic (exact) mass is 212 g/mol. The van der Waals surface area contributed by atoms with Crippen LogP contribution in [0.4, 0.5) is 0 Å². The second-order valence-corrected chi connectivity index (χ2v) is 5.14. The minimum atomic E-state index is 0.797. The number of nitrogens with zero attached hydrogens (tertiary/aromatic N) is 1. The van der Waals surface area contributed by atoms with Crippen LogP contribution in [0.25, 0.3) is 0 Å². The van der Waals surface area contributed by atoms with Crippen LogP contribution >= 0.6 is 0 Å². The van der Waals surface area contributed by atoms with Crippen LogP contribution in [-0.2, 0) is 0 Å². The van der Waals surface area contributed by atoms with Gasteiger partial charge in [-0.25, -0.2) is 0 Å². The van der Waals surface area contributed by atoms with Crippen molar-refractivity contribution < 1.29 is 0 Å². The molecule has 0 bridgehead atoms. The molecule has 0 saturated carbocycles. The Bertz CT molecular complexity index is 154. The zero-order valence-corrected chi connectivity index (χ0v) is 10.9. The Morgan fingerprint density at radius 3 is 1.87 bits per heavy atom. The molecule has 0 aliphatic carbocycles. The van der Waals surface area contributed by atoms with Crippen molar-refractivity contribution in [2.24, 2.45) is 11.8 Å². The third-order valence-electron chi connectivity index (χ3n) is 3.54. The van der Waals surface area contributed by atoms with Crippen LogP contribution in [0, 0.1) is 11.8 Å². The zero-order valence-electron chi connectivity index (χ0n) is 10.9. The molecule has 1 aliphatic heterocycles. The van der Waals surface area contributed by atoms with Gasteiger partial charge in [0, 0.05) is 6.04 Å². The van der Waals surface area contributed by atoms with Gasteiger partial charge in [0.2, 0.25) is 0 Å². The van der Waals surface area contributed by atoms with Gasteiger partial charge in [0.25, 0.3) is 0 Å². The van der Waals surface area contributed by atoms with Crippen LogP contribution in [-0.4, -0.2) is 37.1 Å². The Balaban J connectivity index is 2.60. The first kappa shape index (κ1) is 13.0. The Kier molecular flexibility index (Phi) is 5.62. The highest BCUT2D eigenvalue weighted by Gasteiger charge is 2.31. The average molecular weight is 212 g/mol. The maximum absolute atomic E-state index is 3.53. The van der Waals surface area contributed by atoms with Crippen LogP contribution in [0.15, 0.2) is 0 Å². The summed E-state index contributed by atoms with van der Waals surface area (Å²) in [6.07, 6.45) is 2.56. The van der Waals surface area contributed by atoms with E-state index in [2.05, 4.69) is 37.9 Å². The van der Waals surface area contributed by atoms with E-state index in [0.717, 1.165) is 17.9 Å². The number of rotatable bonds is 5. The molecule has 0 amide bonds. The highest BCUT2D eigenvalue weighted by molar-refractivity contribution is 4.87. The lowest BCUT2D eigenvalue weighted by molar-refractivity contribution is 0.0788. The fourth-order valence-corrected chi connectivity index (χ4v) is 3.05. The van der Waals surface area contributed by atoms with E-state index in [1.165, 1.54) is 39.0 Å². The average Bonchev–Trinajstić information content (AvgIpc) is 2.18. The molecule has 0 radical (unpaired) electrons. The molecule has 1 aliphatic rings. The minimum Gasteiger partial charge on any atom is -0.316 e. The maximum Gasteiger partial charge on any atom is 0.0171 e. The molecule has 2 nitrogen and oxygen atoms in total. The molecule has 0 aromatic rings. The fraction of sp³-hybridized carbons (Fsp3) is 1.00. The summed E-state index contributed by atoms with van der Waals surface area (Å²) in [6, 6.07) is 0.797. The van der Waals surface area contributed by atoms with Crippen molar-refractivity contribution in [1.29, 1.82) is 0 Å². The summed E-state index contributed by atoms with van der Waals surface area (Å²) in [5.74, 6) is 1.60. The van der Waals surface area contributed by atoms with Crippen molar-refractivity contribution in [2.75, 3.05) is 26.2 Å². The summed E-state index contributed by atoms with van der Waals surface area (Å²) in [7, 11) is 0. The molecule has 1 heterocycles. The van der Waals surface area contributed by atoms with Gasteiger partial charge in [-0.15, -0.1) is 0 Å². The Hall–Kier alpha value is -0.0800. The largest absolute Gasteiger partial charge is 0.316 e. The SMILES string of the molecule is CCCN(CCC)C1C(C)CNCC1C. The highest BCUT2D eigenvalue weighted by atomic mass is 15.2. The standard InChI is InChI=1S/C13H28N2/c1-5-7-15(8-6-2)13-11(3)9-14-10-12(13)4/h11-14H,5-10H2,1-4H3. The molecule has 0 aromatic heterocycles. The predicted molar refractivity (Wildman–Crippen MR) is 67.1 cm³/mol. The first-order valence-electron chi connectivity index (χ1n) is 6.65. The third-order valence-corrected chi connectivity index (χ3v) is 3.54. The van der Waals surface area contributed by atoms with Crippen LogP contribution < -0.4 is 5.32 Å². The van der Waals surface area contributed by atoms with Gasteiger partial charge in [0.15, 0.2) is 0 Å². The van der Waals surface area contributed by atoms with Crippen LogP contribution in [0.3, 0.4) is 0 Å². The van der Waals surface area contributed by atoms with Crippen molar-refractivity contribution >= 4 is 0 Å². The van der Waals surface area contributed by atoms with Gasteiger partial charge in [0.1, 0.15) is 0 Å². The van der Waals surface area contributed by atoms with E-state index in [1.807, 2.05) is 0 Å². The molecular weight excluding hydrogens is 184 g/mol. The number of piperidine rings is 1. The van der Waals surface area contributed by atoms with Gasteiger partial charge in [0.05, 0.1) is 0 Å². The molecular formula is C13H28N2. The molecule has 15 heavy (non-hydrogen) atoms. The van der Waals surface area contributed by atoms with Crippen LogP contribution in [0.1, 0.15) is 40.5 Å². The minimum absolute atomic E-state index is 0.797. The van der Waals surface area contributed by atoms with Gasteiger partial charge in [-0.2, -0.15) is 0 Å². The molecule has 2 heteroatoms. The van der Waals surface area contributed by atoms with Crippen molar-refractivity contribution in [3.05, 3.63) is 0 Å². The zero-order chi connectivity index (χ0) is 11.3. The predicted octanol–water partition coefficient (Wildman–Crippen LogP) is 2.35. The van der Waals surface area contributed by atoms with Crippen molar-refractivity contribution in [3.8, 4) is 0 Å². The third kappa shape index (κ3) is 3.46. The second-order valence-electron chi connectivity index (χ2n) is 5.14. The van der Waals surface area contributed by atoms with Crippen LogP contribution in [0.5, 0.6) is 0 Å². The van der Waals surface area contributed by atoms with Crippen molar-refractivity contribution in [3.63, 3.8) is 0 Å². The van der Waals surface area contributed by atoms with Gasteiger partial charge < -0.3 is 5.32 Å². The molecule has 2 unspecified atom stereocenters. The van der Waals surface area contributed by atoms with E-state index in [1.54, 1.807) is 0 Å². The molecule has 1 fully saturated rings. The molecule has 1 saturated heterocycles. The lowest BCUT2D eigenvalue weighted by Gasteiger charge is -2.43. The highest BCUT2D eigenvalue weighted by Crippen LogP contribution is 2.23. The van der Waals surface area contributed by atoms with E-state index in [4.69, 9.17) is 0 Å². The Morgan fingerprint density at radius 2 is 1.47 bits per heavy atom. The van der Waals surface area contributed by atoms with E-state index < -0.39 is 0 Å². The summed E-state index contributed by atoms with van der Waals surface area (Å²) in [4.78, 5) is 2.72. The van der Waals surface area contributed by atoms with Crippen molar-refractivity contribution in [2.45, 2.75) is 46.6 Å². The van der Waals surface area contributed by atoms with Gasteiger partial charge in [-0.3, -0.25) is 4.90 Å². The first-order chi connectivity index (χ1) is 7.20. The topological polar surface area (TPSA) is 15.3 Å². The van der Waals surface area contributed by atoms with E-state index in [0.29, 0.717) is 0 Å². The Labute approximate surface area is 95.4 Å². The molecule has 2 atom stereocenters. The second kappa shape index (κ2) is 6.49. The lowest BCUT2D eigenvalue weighted by atomic mass is 9.85. The smallest absolute Gasteiger partial charge is 0.0171 e. The summed E-state index contributed by atoms with van der Waals surface area (Å²) < 4.78 is 0. The normalized spacial score (nSPS) is 32.2. The molecule has 90 valence electrons. The summed E-state index contributed by atoms with van der Waals surface area (Å²) in [5, 5.41) is 3.53. The van der Waals surface area contributed by atoms with Crippen LogP contribution in [0.2, 0.25) is 0 Å². The lowest BCUT2D eigenvalue weighted by Crippen LogP contribution is -2.54. The number of nitrogens with one attached hydrogen (secondary N) is 1. The number of hydrogen-bond acceptors (Lipinski definition) is 2. The molecule has 1 rings (SSSR count). The van der Waals surface area contributed by atoms with Gasteiger partial charge in [-0.1, -0.05) is 27.7 Å². The van der Waals surface area contributed by atoms with E-state index in [9.17, 15) is 0 Å². The van der Waals surface area contributed by atoms with Gasteiger partial charge >= 0.3 is 0 Å². The summed E-state index contributed by atoms with van der Waals surface area (Å²) in [5.41, 5.74) is 0. The van der Waals surface area contributed by atoms with E-state index in [-0.39, 0.29) is 0 Å². The Morgan fingerprint density at radius 1 is 1.00 bits per heavy atom. The molecule has 0 spiro atoms. The molecule has 1 N–H and O–H groups in total.